The highest BCUT2D eigenvalue weighted by atomic mass is 32.1. The van der Waals surface area contributed by atoms with E-state index < -0.39 is 0 Å². The van der Waals surface area contributed by atoms with Gasteiger partial charge in [-0.05, 0) is 30.7 Å². The SMILES string of the molecule is CCc1ccc(C(=O)Nc2cccc(C(N)=S)c2)s1. The van der Waals surface area contributed by atoms with Crippen molar-refractivity contribution in [1.29, 1.82) is 0 Å². The van der Waals surface area contributed by atoms with Crippen LogP contribution >= 0.6 is 23.6 Å². The van der Waals surface area contributed by atoms with Gasteiger partial charge in [-0.2, -0.15) is 0 Å². The summed E-state index contributed by atoms with van der Waals surface area (Å²) >= 11 is 6.42. The molecular formula is C14H14N2OS2. The molecule has 3 nitrogen and oxygen atoms in total. The van der Waals surface area contributed by atoms with E-state index in [0.29, 0.717) is 15.6 Å². The van der Waals surface area contributed by atoms with Crippen LogP contribution in [0.5, 0.6) is 0 Å². The number of carbonyl (C=O) groups is 1. The van der Waals surface area contributed by atoms with E-state index in [1.54, 1.807) is 6.07 Å². The molecule has 0 saturated heterocycles. The molecule has 0 fully saturated rings. The van der Waals surface area contributed by atoms with Gasteiger partial charge in [-0.15, -0.1) is 11.3 Å². The molecule has 1 amide bonds. The van der Waals surface area contributed by atoms with Crippen LogP contribution in [0.2, 0.25) is 0 Å². The van der Waals surface area contributed by atoms with Crippen molar-refractivity contribution in [2.24, 2.45) is 5.73 Å². The van der Waals surface area contributed by atoms with E-state index in [1.807, 2.05) is 30.3 Å². The van der Waals surface area contributed by atoms with Crippen molar-refractivity contribution < 1.29 is 4.79 Å². The molecule has 1 heterocycles. The van der Waals surface area contributed by atoms with Crippen molar-refractivity contribution in [3.63, 3.8) is 0 Å². The van der Waals surface area contributed by atoms with Gasteiger partial charge in [0.15, 0.2) is 0 Å². The Bertz CT molecular complexity index is 619. The number of aryl methyl sites for hydroxylation is 1. The lowest BCUT2D eigenvalue weighted by Gasteiger charge is -2.05. The van der Waals surface area contributed by atoms with Crippen LogP contribution in [-0.4, -0.2) is 10.9 Å². The third-order valence-corrected chi connectivity index (χ3v) is 4.10. The number of nitrogens with two attached hydrogens (primary N) is 1. The van der Waals surface area contributed by atoms with Gasteiger partial charge in [-0.1, -0.05) is 31.3 Å². The molecule has 0 saturated carbocycles. The molecule has 0 aliphatic heterocycles. The topological polar surface area (TPSA) is 55.1 Å². The van der Waals surface area contributed by atoms with Gasteiger partial charge in [0.25, 0.3) is 5.91 Å². The molecule has 0 aliphatic rings. The second-order valence-electron chi connectivity index (χ2n) is 4.02. The number of amides is 1. The number of rotatable bonds is 4. The molecule has 19 heavy (non-hydrogen) atoms. The summed E-state index contributed by atoms with van der Waals surface area (Å²) in [5.74, 6) is -0.107. The summed E-state index contributed by atoms with van der Waals surface area (Å²) in [5.41, 5.74) is 7.01. The molecule has 5 heteroatoms. The Morgan fingerprint density at radius 2 is 2.16 bits per heavy atom. The molecule has 0 unspecified atom stereocenters. The monoisotopic (exact) mass is 290 g/mol. The highest BCUT2D eigenvalue weighted by Gasteiger charge is 2.09. The Hall–Kier alpha value is -1.72. The highest BCUT2D eigenvalue weighted by Crippen LogP contribution is 2.19. The lowest BCUT2D eigenvalue weighted by Crippen LogP contribution is -2.12. The lowest BCUT2D eigenvalue weighted by atomic mass is 10.2. The Labute approximate surface area is 121 Å². The maximum atomic E-state index is 12.1. The van der Waals surface area contributed by atoms with Crippen molar-refractivity contribution >= 4 is 40.1 Å². The maximum Gasteiger partial charge on any atom is 0.265 e. The number of thiocarbonyl (C=S) groups is 1. The number of benzene rings is 1. The van der Waals surface area contributed by atoms with Crippen LogP contribution in [0, 0.1) is 0 Å². The number of thiophene rings is 1. The van der Waals surface area contributed by atoms with Gasteiger partial charge in [0.05, 0.1) is 4.88 Å². The van der Waals surface area contributed by atoms with Gasteiger partial charge in [0.2, 0.25) is 0 Å². The van der Waals surface area contributed by atoms with E-state index in [9.17, 15) is 4.79 Å². The fourth-order valence-electron chi connectivity index (χ4n) is 1.63. The molecule has 3 N–H and O–H groups in total. The second-order valence-corrected chi connectivity index (χ2v) is 5.63. The summed E-state index contributed by atoms with van der Waals surface area (Å²) < 4.78 is 0. The van der Waals surface area contributed by atoms with Crippen LogP contribution in [0.25, 0.3) is 0 Å². The number of nitrogens with one attached hydrogen (secondary N) is 1. The molecule has 1 aromatic heterocycles. The minimum atomic E-state index is -0.107. The molecule has 0 radical (unpaired) electrons. The third kappa shape index (κ3) is 3.39. The van der Waals surface area contributed by atoms with Crippen molar-refractivity contribution in [1.82, 2.24) is 0 Å². The smallest absolute Gasteiger partial charge is 0.265 e. The molecule has 0 spiro atoms. The van der Waals surface area contributed by atoms with E-state index in [0.717, 1.165) is 12.0 Å². The number of anilines is 1. The first-order chi connectivity index (χ1) is 9.10. The van der Waals surface area contributed by atoms with E-state index >= 15 is 0 Å². The molecule has 1 aromatic carbocycles. The van der Waals surface area contributed by atoms with Crippen LogP contribution in [0.15, 0.2) is 36.4 Å². The van der Waals surface area contributed by atoms with E-state index in [4.69, 9.17) is 18.0 Å². The van der Waals surface area contributed by atoms with Crippen molar-refractivity contribution in [2.45, 2.75) is 13.3 Å². The van der Waals surface area contributed by atoms with Gasteiger partial charge >= 0.3 is 0 Å². The van der Waals surface area contributed by atoms with Gasteiger partial charge in [-0.25, -0.2) is 0 Å². The van der Waals surface area contributed by atoms with Crippen molar-refractivity contribution in [3.8, 4) is 0 Å². The van der Waals surface area contributed by atoms with Crippen molar-refractivity contribution in [2.75, 3.05) is 5.32 Å². The Balaban J connectivity index is 2.14. The zero-order chi connectivity index (χ0) is 13.8. The van der Waals surface area contributed by atoms with Crippen LogP contribution in [0.4, 0.5) is 5.69 Å². The Morgan fingerprint density at radius 3 is 2.79 bits per heavy atom. The molecule has 2 rings (SSSR count). The molecule has 0 atom stereocenters. The van der Waals surface area contributed by atoms with E-state index in [2.05, 4.69) is 12.2 Å². The van der Waals surface area contributed by atoms with E-state index in [1.165, 1.54) is 16.2 Å². The standard InChI is InChI=1S/C14H14N2OS2/c1-2-11-6-7-12(19-11)14(17)16-10-5-3-4-9(8-10)13(15)18/h3-8H,2H2,1H3,(H2,15,18)(H,16,17). The van der Waals surface area contributed by atoms with Crippen LogP contribution in [0.1, 0.15) is 27.0 Å². The first-order valence-corrected chi connectivity index (χ1v) is 7.12. The minimum absolute atomic E-state index is 0.107. The molecule has 0 aliphatic carbocycles. The normalized spacial score (nSPS) is 10.2. The minimum Gasteiger partial charge on any atom is -0.389 e. The maximum absolute atomic E-state index is 12.1. The van der Waals surface area contributed by atoms with Gasteiger partial charge in [0.1, 0.15) is 4.99 Å². The summed E-state index contributed by atoms with van der Waals surface area (Å²) in [6, 6.07) is 11.0. The first-order valence-electron chi connectivity index (χ1n) is 5.90. The zero-order valence-electron chi connectivity index (χ0n) is 10.5. The molecule has 98 valence electrons. The van der Waals surface area contributed by atoms with E-state index in [-0.39, 0.29) is 5.91 Å². The fourth-order valence-corrected chi connectivity index (χ4v) is 2.60. The van der Waals surface area contributed by atoms with Crippen LogP contribution in [0.3, 0.4) is 0 Å². The predicted octanol–water partition coefficient (Wildman–Crippen LogP) is 3.20. The summed E-state index contributed by atoms with van der Waals surface area (Å²) in [4.78, 5) is 14.3. The van der Waals surface area contributed by atoms with Crippen LogP contribution < -0.4 is 11.1 Å². The summed E-state index contributed by atoms with van der Waals surface area (Å²) in [7, 11) is 0. The summed E-state index contributed by atoms with van der Waals surface area (Å²) in [6.07, 6.45) is 0.939. The van der Waals surface area contributed by atoms with Gasteiger partial charge < -0.3 is 11.1 Å². The predicted molar refractivity (Wildman–Crippen MR) is 84.0 cm³/mol. The largest absolute Gasteiger partial charge is 0.389 e. The second kappa shape index (κ2) is 5.95. The van der Waals surface area contributed by atoms with Gasteiger partial charge in [0, 0.05) is 16.1 Å². The molecule has 0 bridgehead atoms. The first kappa shape index (κ1) is 13.7. The fraction of sp³-hybridized carbons (Fsp3) is 0.143. The summed E-state index contributed by atoms with van der Waals surface area (Å²) in [5, 5.41) is 2.85. The third-order valence-electron chi connectivity index (χ3n) is 2.64. The molecular weight excluding hydrogens is 276 g/mol. The van der Waals surface area contributed by atoms with Crippen molar-refractivity contribution in [3.05, 3.63) is 51.7 Å². The average molecular weight is 290 g/mol. The lowest BCUT2D eigenvalue weighted by molar-refractivity contribution is 0.103. The molecule has 2 aromatic rings. The Kier molecular flexibility index (Phi) is 4.29. The number of carbonyl (C=O) groups excluding carboxylic acids is 1. The average Bonchev–Trinajstić information content (AvgIpc) is 2.88. The summed E-state index contributed by atoms with van der Waals surface area (Å²) in [6.45, 7) is 2.07. The quantitative estimate of drug-likeness (QED) is 0.850. The van der Waals surface area contributed by atoms with Crippen LogP contribution in [-0.2, 0) is 6.42 Å². The Morgan fingerprint density at radius 1 is 1.37 bits per heavy atom. The number of hydrogen-bond donors (Lipinski definition) is 2. The van der Waals surface area contributed by atoms with Gasteiger partial charge in [-0.3, -0.25) is 4.79 Å². The number of hydrogen-bond acceptors (Lipinski definition) is 3. The zero-order valence-corrected chi connectivity index (χ0v) is 12.1. The highest BCUT2D eigenvalue weighted by molar-refractivity contribution is 7.80.